The predicted octanol–water partition coefficient (Wildman–Crippen LogP) is 3.49. The quantitative estimate of drug-likeness (QED) is 0.837. The predicted molar refractivity (Wildman–Crippen MR) is 91.6 cm³/mol. The smallest absolute Gasteiger partial charge is 0.264 e. The molecule has 1 N–H and O–H groups in total. The van der Waals surface area contributed by atoms with E-state index < -0.39 is 0 Å². The molecule has 0 aromatic heterocycles. The summed E-state index contributed by atoms with van der Waals surface area (Å²) in [6.07, 6.45) is 4.68. The molecular formula is C17H23ClN4O. The average Bonchev–Trinajstić information content (AvgIpc) is 2.55. The Morgan fingerprint density at radius 2 is 1.96 bits per heavy atom. The van der Waals surface area contributed by atoms with E-state index in [0.717, 1.165) is 18.5 Å². The maximum absolute atomic E-state index is 12.9. The van der Waals surface area contributed by atoms with Crippen molar-refractivity contribution in [3.05, 3.63) is 29.3 Å². The van der Waals surface area contributed by atoms with Crippen LogP contribution >= 0.6 is 11.6 Å². The number of hydrogen-bond acceptors (Lipinski definition) is 4. The van der Waals surface area contributed by atoms with Gasteiger partial charge in [0.15, 0.2) is 6.19 Å². The molecule has 1 saturated heterocycles. The first-order chi connectivity index (χ1) is 11.0. The molecule has 1 aromatic carbocycles. The standard InChI is InChI=1S/C17H23ClN4O/c1-13(2)11-16(20-15-7-5-14(18)6-8-15)17(23)22-10-4-3-9-21(22)12-19/h5-8,13,16,20H,3-4,9-11H2,1-2H3. The lowest BCUT2D eigenvalue weighted by molar-refractivity contribution is -0.147. The number of carbonyl (C=O) groups is 1. The summed E-state index contributed by atoms with van der Waals surface area (Å²) in [4.78, 5) is 12.9. The van der Waals surface area contributed by atoms with E-state index in [4.69, 9.17) is 11.6 Å². The Morgan fingerprint density at radius 3 is 2.57 bits per heavy atom. The van der Waals surface area contributed by atoms with Crippen LogP contribution in [0, 0.1) is 17.4 Å². The highest BCUT2D eigenvalue weighted by atomic mass is 35.5. The Labute approximate surface area is 142 Å². The van der Waals surface area contributed by atoms with Crippen molar-refractivity contribution < 1.29 is 4.79 Å². The van der Waals surface area contributed by atoms with Gasteiger partial charge in [0.05, 0.1) is 6.54 Å². The van der Waals surface area contributed by atoms with E-state index in [1.807, 2.05) is 12.1 Å². The zero-order valence-electron chi connectivity index (χ0n) is 13.6. The van der Waals surface area contributed by atoms with Crippen LogP contribution < -0.4 is 5.32 Å². The molecule has 23 heavy (non-hydrogen) atoms. The van der Waals surface area contributed by atoms with Crippen LogP contribution in [0.5, 0.6) is 0 Å². The summed E-state index contributed by atoms with van der Waals surface area (Å²) < 4.78 is 0. The average molecular weight is 335 g/mol. The summed E-state index contributed by atoms with van der Waals surface area (Å²) in [5, 5.41) is 16.3. The van der Waals surface area contributed by atoms with Crippen LogP contribution in [0.25, 0.3) is 0 Å². The van der Waals surface area contributed by atoms with Crippen molar-refractivity contribution in [2.24, 2.45) is 5.92 Å². The van der Waals surface area contributed by atoms with E-state index in [2.05, 4.69) is 25.4 Å². The van der Waals surface area contributed by atoms with Crippen LogP contribution in [-0.2, 0) is 4.79 Å². The third kappa shape index (κ3) is 4.77. The largest absolute Gasteiger partial charge is 0.374 e. The molecule has 124 valence electrons. The first kappa shape index (κ1) is 17.4. The van der Waals surface area contributed by atoms with Gasteiger partial charge < -0.3 is 5.32 Å². The normalized spacial score (nSPS) is 16.1. The minimum atomic E-state index is -0.356. The van der Waals surface area contributed by atoms with E-state index in [9.17, 15) is 10.1 Å². The number of benzene rings is 1. The lowest BCUT2D eigenvalue weighted by atomic mass is 10.0. The van der Waals surface area contributed by atoms with Crippen molar-refractivity contribution in [1.29, 1.82) is 5.26 Å². The van der Waals surface area contributed by atoms with Crippen molar-refractivity contribution in [1.82, 2.24) is 10.0 Å². The molecule has 0 saturated carbocycles. The highest BCUT2D eigenvalue weighted by molar-refractivity contribution is 6.30. The summed E-state index contributed by atoms with van der Waals surface area (Å²) in [7, 11) is 0. The van der Waals surface area contributed by atoms with E-state index in [0.29, 0.717) is 30.5 Å². The Kier molecular flexibility index (Phi) is 6.12. The van der Waals surface area contributed by atoms with Crippen LogP contribution in [0.2, 0.25) is 5.02 Å². The van der Waals surface area contributed by atoms with E-state index >= 15 is 0 Å². The molecule has 2 rings (SSSR count). The van der Waals surface area contributed by atoms with Gasteiger partial charge in [0.2, 0.25) is 0 Å². The molecule has 1 amide bonds. The fraction of sp³-hybridized carbons (Fsp3) is 0.529. The molecule has 0 bridgehead atoms. The van der Waals surface area contributed by atoms with Crippen LogP contribution in [0.1, 0.15) is 33.1 Å². The second-order valence-corrected chi connectivity index (χ2v) is 6.66. The second-order valence-electron chi connectivity index (χ2n) is 6.22. The SMILES string of the molecule is CC(C)CC(Nc1ccc(Cl)cc1)C(=O)N1CCCCN1C#N. The molecule has 1 aliphatic rings. The number of nitrogens with zero attached hydrogens (tertiary/aromatic N) is 3. The van der Waals surface area contributed by atoms with Crippen molar-refractivity contribution in [3.8, 4) is 6.19 Å². The fourth-order valence-corrected chi connectivity index (χ4v) is 2.84. The summed E-state index contributed by atoms with van der Waals surface area (Å²) in [5.74, 6) is 0.318. The zero-order chi connectivity index (χ0) is 16.8. The number of anilines is 1. The number of hydrazine groups is 1. The van der Waals surface area contributed by atoms with E-state index in [-0.39, 0.29) is 11.9 Å². The van der Waals surface area contributed by atoms with Crippen LogP contribution in [0.15, 0.2) is 24.3 Å². The van der Waals surface area contributed by atoms with E-state index in [1.54, 1.807) is 17.1 Å². The highest BCUT2D eigenvalue weighted by Crippen LogP contribution is 2.20. The number of halogens is 1. The Balaban J connectivity index is 2.14. The molecule has 0 radical (unpaired) electrons. The molecule has 5 nitrogen and oxygen atoms in total. The van der Waals surface area contributed by atoms with Gasteiger partial charge in [-0.3, -0.25) is 4.79 Å². The third-order valence-corrected chi connectivity index (χ3v) is 4.09. The van der Waals surface area contributed by atoms with Gasteiger partial charge in [-0.2, -0.15) is 5.26 Å². The summed E-state index contributed by atoms with van der Waals surface area (Å²) in [6, 6.07) is 6.96. The Hall–Kier alpha value is -1.93. The van der Waals surface area contributed by atoms with Gasteiger partial charge in [-0.1, -0.05) is 25.4 Å². The minimum Gasteiger partial charge on any atom is -0.374 e. The Morgan fingerprint density at radius 1 is 1.30 bits per heavy atom. The first-order valence-corrected chi connectivity index (χ1v) is 8.39. The molecule has 1 aromatic rings. The van der Waals surface area contributed by atoms with Crippen LogP contribution in [0.4, 0.5) is 5.69 Å². The number of amides is 1. The number of rotatable bonds is 5. The number of carbonyl (C=O) groups excluding carboxylic acids is 1. The van der Waals surface area contributed by atoms with Gasteiger partial charge in [0, 0.05) is 17.3 Å². The van der Waals surface area contributed by atoms with Gasteiger partial charge in [-0.25, -0.2) is 10.0 Å². The topological polar surface area (TPSA) is 59.4 Å². The third-order valence-electron chi connectivity index (χ3n) is 3.84. The molecule has 1 unspecified atom stereocenters. The minimum absolute atomic E-state index is 0.0464. The van der Waals surface area contributed by atoms with Crippen molar-refractivity contribution in [2.75, 3.05) is 18.4 Å². The van der Waals surface area contributed by atoms with Gasteiger partial charge in [0.25, 0.3) is 5.91 Å². The van der Waals surface area contributed by atoms with Crippen LogP contribution in [0.3, 0.4) is 0 Å². The fourth-order valence-electron chi connectivity index (χ4n) is 2.72. The summed E-state index contributed by atoms with van der Waals surface area (Å²) in [5.41, 5.74) is 0.855. The highest BCUT2D eigenvalue weighted by Gasteiger charge is 2.30. The first-order valence-electron chi connectivity index (χ1n) is 8.02. The number of nitrogens with one attached hydrogen (secondary N) is 1. The molecule has 6 heteroatoms. The molecular weight excluding hydrogens is 312 g/mol. The summed E-state index contributed by atoms with van der Waals surface area (Å²) in [6.45, 7) is 5.38. The van der Waals surface area contributed by atoms with Gasteiger partial charge in [-0.05, 0) is 49.4 Å². The van der Waals surface area contributed by atoms with Crippen molar-refractivity contribution in [2.45, 2.75) is 39.2 Å². The van der Waals surface area contributed by atoms with Crippen molar-refractivity contribution in [3.63, 3.8) is 0 Å². The molecule has 1 heterocycles. The van der Waals surface area contributed by atoms with Gasteiger partial charge in [0.1, 0.15) is 6.04 Å². The van der Waals surface area contributed by atoms with Gasteiger partial charge >= 0.3 is 0 Å². The maximum Gasteiger partial charge on any atom is 0.264 e. The number of nitriles is 1. The monoisotopic (exact) mass is 334 g/mol. The Bertz CT molecular complexity index is 567. The molecule has 0 aliphatic carbocycles. The van der Waals surface area contributed by atoms with Gasteiger partial charge in [-0.15, -0.1) is 0 Å². The molecule has 1 fully saturated rings. The summed E-state index contributed by atoms with van der Waals surface area (Å²) >= 11 is 5.91. The lowest BCUT2D eigenvalue weighted by Gasteiger charge is -2.37. The second kappa shape index (κ2) is 8.07. The molecule has 1 atom stereocenters. The zero-order valence-corrected chi connectivity index (χ0v) is 14.4. The lowest BCUT2D eigenvalue weighted by Crippen LogP contribution is -2.53. The van der Waals surface area contributed by atoms with E-state index in [1.165, 1.54) is 5.01 Å². The molecule has 1 aliphatic heterocycles. The number of hydrogen-bond donors (Lipinski definition) is 1. The van der Waals surface area contributed by atoms with Crippen molar-refractivity contribution >= 4 is 23.2 Å². The molecule has 0 spiro atoms. The maximum atomic E-state index is 12.9. The van der Waals surface area contributed by atoms with Crippen LogP contribution in [-0.4, -0.2) is 35.1 Å².